The van der Waals surface area contributed by atoms with Crippen molar-refractivity contribution >= 4 is 23.4 Å². The minimum absolute atomic E-state index is 0.221. The first-order valence-electron chi connectivity index (χ1n) is 8.25. The summed E-state index contributed by atoms with van der Waals surface area (Å²) in [5.41, 5.74) is 4.05. The van der Waals surface area contributed by atoms with Gasteiger partial charge in [0.1, 0.15) is 5.82 Å². The third-order valence-electron chi connectivity index (χ3n) is 3.77. The number of carboxylic acids is 1. The molecule has 0 fully saturated rings. The molecule has 0 amide bonds. The molecule has 0 saturated carbocycles. The molecular formula is C20H20N4O2. The first kappa shape index (κ1) is 17.4. The average Bonchev–Trinajstić information content (AvgIpc) is 2.60. The fraction of sp³-hybridized carbons (Fsp3) is 0.150. The van der Waals surface area contributed by atoms with Crippen LogP contribution in [-0.4, -0.2) is 21.0 Å². The zero-order valence-electron chi connectivity index (χ0n) is 14.7. The molecule has 3 rings (SSSR count). The van der Waals surface area contributed by atoms with E-state index in [1.165, 1.54) is 5.56 Å². The summed E-state index contributed by atoms with van der Waals surface area (Å²) in [6, 6.07) is 16.6. The summed E-state index contributed by atoms with van der Waals surface area (Å²) in [5.74, 6) is 0.156. The van der Waals surface area contributed by atoms with E-state index in [1.807, 2.05) is 25.1 Å². The Kier molecular flexibility index (Phi) is 5.12. The maximum atomic E-state index is 11.1. The van der Waals surface area contributed by atoms with E-state index >= 15 is 0 Å². The smallest absolute Gasteiger partial charge is 0.335 e. The molecule has 0 atom stereocenters. The summed E-state index contributed by atoms with van der Waals surface area (Å²) in [7, 11) is 0. The second kappa shape index (κ2) is 7.65. The molecule has 132 valence electrons. The Balaban J connectivity index is 1.75. The number of hydrogen-bond acceptors (Lipinski definition) is 5. The Bertz CT molecular complexity index is 941. The van der Waals surface area contributed by atoms with E-state index in [0.717, 1.165) is 11.3 Å². The fourth-order valence-corrected chi connectivity index (χ4v) is 2.59. The van der Waals surface area contributed by atoms with Crippen molar-refractivity contribution in [3.8, 4) is 0 Å². The molecule has 0 aliphatic rings. The number of rotatable bonds is 6. The van der Waals surface area contributed by atoms with Gasteiger partial charge in [0, 0.05) is 24.0 Å². The van der Waals surface area contributed by atoms with Crippen molar-refractivity contribution in [2.45, 2.75) is 20.4 Å². The molecule has 1 heterocycles. The van der Waals surface area contributed by atoms with Crippen molar-refractivity contribution in [1.82, 2.24) is 9.97 Å². The number of aromatic nitrogens is 2. The van der Waals surface area contributed by atoms with Gasteiger partial charge in [-0.25, -0.2) is 9.78 Å². The maximum absolute atomic E-state index is 11.1. The van der Waals surface area contributed by atoms with Gasteiger partial charge < -0.3 is 15.7 Å². The van der Waals surface area contributed by atoms with Crippen molar-refractivity contribution in [3.05, 3.63) is 77.0 Å². The van der Waals surface area contributed by atoms with Gasteiger partial charge in [-0.2, -0.15) is 4.98 Å². The first-order valence-corrected chi connectivity index (χ1v) is 8.25. The zero-order valence-corrected chi connectivity index (χ0v) is 14.7. The van der Waals surface area contributed by atoms with Gasteiger partial charge in [0.25, 0.3) is 0 Å². The number of aryl methyl sites for hydroxylation is 2. The van der Waals surface area contributed by atoms with Gasteiger partial charge >= 0.3 is 5.97 Å². The van der Waals surface area contributed by atoms with E-state index in [2.05, 4.69) is 39.7 Å². The molecule has 1 aromatic heterocycles. The lowest BCUT2D eigenvalue weighted by molar-refractivity contribution is 0.0697. The highest BCUT2D eigenvalue weighted by Gasteiger charge is 2.06. The van der Waals surface area contributed by atoms with E-state index in [1.54, 1.807) is 24.3 Å². The van der Waals surface area contributed by atoms with Crippen LogP contribution in [-0.2, 0) is 6.54 Å². The van der Waals surface area contributed by atoms with Crippen LogP contribution in [0.15, 0.2) is 54.6 Å². The third-order valence-corrected chi connectivity index (χ3v) is 3.77. The molecule has 3 N–H and O–H groups in total. The number of benzene rings is 2. The van der Waals surface area contributed by atoms with Gasteiger partial charge in [-0.15, -0.1) is 0 Å². The number of nitrogens with zero attached hydrogens (tertiary/aromatic N) is 2. The van der Waals surface area contributed by atoms with Crippen LogP contribution in [0.25, 0.3) is 0 Å². The predicted molar refractivity (Wildman–Crippen MR) is 102 cm³/mol. The molecule has 0 bridgehead atoms. The molecule has 6 heteroatoms. The lowest BCUT2D eigenvalue weighted by atomic mass is 10.1. The number of carbonyl (C=O) groups is 1. The second-order valence-electron chi connectivity index (χ2n) is 6.07. The standard InChI is InChI=1S/C20H20N4O2/c1-13-5-3-6-15(9-13)12-21-20-22-14(2)10-18(24-20)23-17-8-4-7-16(11-17)19(25)26/h3-11H,12H2,1-2H3,(H,25,26)(H2,21,22,23,24). The average molecular weight is 348 g/mol. The molecule has 0 aliphatic carbocycles. The Labute approximate surface area is 152 Å². The highest BCUT2D eigenvalue weighted by molar-refractivity contribution is 5.89. The summed E-state index contributed by atoms with van der Waals surface area (Å²) in [6.07, 6.45) is 0. The minimum atomic E-state index is -0.965. The summed E-state index contributed by atoms with van der Waals surface area (Å²) >= 11 is 0. The van der Waals surface area contributed by atoms with Crippen molar-refractivity contribution < 1.29 is 9.90 Å². The normalized spacial score (nSPS) is 10.4. The first-order chi connectivity index (χ1) is 12.5. The van der Waals surface area contributed by atoms with Gasteiger partial charge in [0.15, 0.2) is 0 Å². The second-order valence-corrected chi connectivity index (χ2v) is 6.07. The molecule has 3 aromatic rings. The number of anilines is 3. The predicted octanol–water partition coefficient (Wildman–Crippen LogP) is 4.15. The minimum Gasteiger partial charge on any atom is -0.478 e. The lowest BCUT2D eigenvalue weighted by Gasteiger charge is -2.11. The third kappa shape index (κ3) is 4.57. The summed E-state index contributed by atoms with van der Waals surface area (Å²) in [4.78, 5) is 20.0. The Hall–Kier alpha value is -3.41. The van der Waals surface area contributed by atoms with Crippen LogP contribution in [0.5, 0.6) is 0 Å². The largest absolute Gasteiger partial charge is 0.478 e. The van der Waals surface area contributed by atoms with Crippen LogP contribution in [0, 0.1) is 13.8 Å². The zero-order chi connectivity index (χ0) is 18.5. The lowest BCUT2D eigenvalue weighted by Crippen LogP contribution is -2.06. The van der Waals surface area contributed by atoms with E-state index in [0.29, 0.717) is 24.0 Å². The van der Waals surface area contributed by atoms with Gasteiger partial charge in [-0.05, 0) is 37.6 Å². The van der Waals surface area contributed by atoms with E-state index in [9.17, 15) is 4.79 Å². The molecular weight excluding hydrogens is 328 g/mol. The summed E-state index contributed by atoms with van der Waals surface area (Å²) in [6.45, 7) is 4.57. The van der Waals surface area contributed by atoms with E-state index in [-0.39, 0.29) is 5.56 Å². The van der Waals surface area contributed by atoms with Gasteiger partial charge in [0.05, 0.1) is 5.56 Å². The molecule has 6 nitrogen and oxygen atoms in total. The van der Waals surface area contributed by atoms with Gasteiger partial charge in [-0.1, -0.05) is 35.9 Å². The number of aromatic carboxylic acids is 1. The van der Waals surface area contributed by atoms with Gasteiger partial charge in [-0.3, -0.25) is 0 Å². The van der Waals surface area contributed by atoms with Crippen molar-refractivity contribution in [2.75, 3.05) is 10.6 Å². The van der Waals surface area contributed by atoms with Crippen LogP contribution in [0.4, 0.5) is 17.5 Å². The van der Waals surface area contributed by atoms with Crippen LogP contribution < -0.4 is 10.6 Å². The Morgan fingerprint density at radius 1 is 1.04 bits per heavy atom. The quantitative estimate of drug-likeness (QED) is 0.620. The SMILES string of the molecule is Cc1cccc(CNc2nc(C)cc(Nc3cccc(C(=O)O)c3)n2)c1. The topological polar surface area (TPSA) is 87.1 Å². The number of carboxylic acid groups (broad SMARTS) is 1. The van der Waals surface area contributed by atoms with Crippen LogP contribution in [0.2, 0.25) is 0 Å². The van der Waals surface area contributed by atoms with Crippen molar-refractivity contribution in [2.24, 2.45) is 0 Å². The van der Waals surface area contributed by atoms with Crippen molar-refractivity contribution in [1.29, 1.82) is 0 Å². The molecule has 0 spiro atoms. The maximum Gasteiger partial charge on any atom is 0.335 e. The number of hydrogen-bond donors (Lipinski definition) is 3. The number of nitrogens with one attached hydrogen (secondary N) is 2. The van der Waals surface area contributed by atoms with Crippen LogP contribution in [0.3, 0.4) is 0 Å². The molecule has 0 unspecified atom stereocenters. The molecule has 0 radical (unpaired) electrons. The summed E-state index contributed by atoms with van der Waals surface area (Å²) in [5, 5.41) is 15.5. The van der Waals surface area contributed by atoms with Crippen LogP contribution in [0.1, 0.15) is 27.2 Å². The van der Waals surface area contributed by atoms with Crippen LogP contribution >= 0.6 is 0 Å². The summed E-state index contributed by atoms with van der Waals surface area (Å²) < 4.78 is 0. The highest BCUT2D eigenvalue weighted by atomic mass is 16.4. The van der Waals surface area contributed by atoms with E-state index in [4.69, 9.17) is 5.11 Å². The van der Waals surface area contributed by atoms with Gasteiger partial charge in [0.2, 0.25) is 5.95 Å². The molecule has 0 aliphatic heterocycles. The Morgan fingerprint density at radius 2 is 1.85 bits per heavy atom. The monoisotopic (exact) mass is 348 g/mol. The fourth-order valence-electron chi connectivity index (χ4n) is 2.59. The Morgan fingerprint density at radius 3 is 2.62 bits per heavy atom. The van der Waals surface area contributed by atoms with Crippen molar-refractivity contribution in [3.63, 3.8) is 0 Å². The molecule has 2 aromatic carbocycles. The molecule has 26 heavy (non-hydrogen) atoms. The van der Waals surface area contributed by atoms with E-state index < -0.39 is 5.97 Å². The highest BCUT2D eigenvalue weighted by Crippen LogP contribution is 2.18. The molecule has 0 saturated heterocycles.